The number of carboxylic acid groups (broad SMARTS) is 1. The molecular formula is C24H20AsN4O5S. The molecule has 4 rings (SSSR count). The molecule has 2 heterocycles. The zero-order chi connectivity index (χ0) is 24.8. The summed E-state index contributed by atoms with van der Waals surface area (Å²) in [7, 11) is -3.98. The molecular weight excluding hydrogens is 531 g/mol. The van der Waals surface area contributed by atoms with Gasteiger partial charge in [-0.15, -0.1) is 0 Å². The first-order valence-corrected chi connectivity index (χ1v) is 13.8. The first-order chi connectivity index (χ1) is 16.8. The fourth-order valence-electron chi connectivity index (χ4n) is 3.35. The molecule has 1 atom stereocenters. The van der Waals surface area contributed by atoms with Crippen LogP contribution < -0.4 is 9.67 Å². The van der Waals surface area contributed by atoms with E-state index < -0.39 is 43.2 Å². The van der Waals surface area contributed by atoms with Crippen LogP contribution >= 0.6 is 0 Å². The summed E-state index contributed by atoms with van der Waals surface area (Å²) in [5.41, 5.74) is 1.65. The molecule has 0 aliphatic rings. The van der Waals surface area contributed by atoms with E-state index in [2.05, 4.69) is 20.3 Å². The number of carbonyl (C=O) groups is 2. The summed E-state index contributed by atoms with van der Waals surface area (Å²) in [6.07, 6.45) is 5.60. The van der Waals surface area contributed by atoms with Gasteiger partial charge in [-0.25, -0.2) is 0 Å². The molecule has 2 aromatic carbocycles. The number of aliphatic carboxylic acids is 1. The molecule has 0 aliphatic heterocycles. The van der Waals surface area contributed by atoms with Crippen LogP contribution in [0.4, 0.5) is 11.6 Å². The van der Waals surface area contributed by atoms with Crippen LogP contribution in [0.2, 0.25) is 0 Å². The molecule has 0 spiro atoms. The summed E-state index contributed by atoms with van der Waals surface area (Å²) < 4.78 is 27.1. The van der Waals surface area contributed by atoms with E-state index in [0.29, 0.717) is 17.1 Å². The topological polar surface area (TPSA) is 142 Å². The van der Waals surface area contributed by atoms with Gasteiger partial charge in [-0.2, -0.15) is 0 Å². The van der Waals surface area contributed by atoms with Crippen LogP contribution in [0.1, 0.15) is 27.6 Å². The summed E-state index contributed by atoms with van der Waals surface area (Å²) in [5.74, 6) is -0.625. The standard InChI is InChI=1S/C24H20AsN4O5S/c30-22(31)14-21(17-2-1-11-26-15-17)35(33,34)20-9-5-18(6-10-20)25-23(32)16-3-7-19(8-4-16)29-24-27-12-13-28-24/h1-13,15,21H,14H2,(H,30,31)(H2,27,28,29). The van der Waals surface area contributed by atoms with Crippen molar-refractivity contribution in [3.63, 3.8) is 0 Å². The van der Waals surface area contributed by atoms with Crippen molar-refractivity contribution in [2.24, 2.45) is 0 Å². The van der Waals surface area contributed by atoms with E-state index in [-0.39, 0.29) is 9.47 Å². The number of imidazole rings is 1. The summed E-state index contributed by atoms with van der Waals surface area (Å²) in [6.45, 7) is 0. The summed E-state index contributed by atoms with van der Waals surface area (Å²) >= 11 is -0.896. The van der Waals surface area contributed by atoms with Crippen LogP contribution in [-0.2, 0) is 14.6 Å². The van der Waals surface area contributed by atoms with Gasteiger partial charge >= 0.3 is 209 Å². The second-order valence-corrected chi connectivity index (χ2v) is 12.0. The molecule has 4 aromatic rings. The maximum absolute atomic E-state index is 13.2. The Balaban J connectivity index is 1.47. The predicted molar refractivity (Wildman–Crippen MR) is 131 cm³/mol. The fourth-order valence-corrected chi connectivity index (χ4v) is 6.76. The van der Waals surface area contributed by atoms with Crippen LogP contribution in [0, 0.1) is 0 Å². The number of aromatic nitrogens is 3. The number of benzene rings is 2. The van der Waals surface area contributed by atoms with Crippen LogP contribution in [0.3, 0.4) is 0 Å². The Hall–Kier alpha value is -3.75. The van der Waals surface area contributed by atoms with E-state index in [0.717, 1.165) is 10.0 Å². The number of rotatable bonds is 10. The minimum atomic E-state index is -3.98. The fraction of sp³-hybridized carbons (Fsp3) is 0.0833. The van der Waals surface area contributed by atoms with Gasteiger partial charge in [0.25, 0.3) is 0 Å². The number of nitrogens with one attached hydrogen (secondary N) is 2. The molecule has 0 bridgehead atoms. The number of hydrogen-bond acceptors (Lipinski definition) is 7. The Morgan fingerprint density at radius 2 is 1.77 bits per heavy atom. The van der Waals surface area contributed by atoms with Crippen molar-refractivity contribution < 1.29 is 23.1 Å². The van der Waals surface area contributed by atoms with Gasteiger partial charge in [0, 0.05) is 0 Å². The third kappa shape index (κ3) is 6.03. The maximum atomic E-state index is 13.2. The Morgan fingerprint density at radius 3 is 2.37 bits per heavy atom. The molecule has 9 nitrogen and oxygen atoms in total. The van der Waals surface area contributed by atoms with Gasteiger partial charge in [-0.1, -0.05) is 0 Å². The normalized spacial score (nSPS) is 12.5. The zero-order valence-electron chi connectivity index (χ0n) is 18.2. The van der Waals surface area contributed by atoms with Gasteiger partial charge in [0.1, 0.15) is 0 Å². The molecule has 177 valence electrons. The number of anilines is 2. The van der Waals surface area contributed by atoms with E-state index in [1.165, 1.54) is 24.5 Å². The SMILES string of the molecule is O=C(O)CC(c1cccnc1)S(=O)(=O)c1ccc([As]C(=O)c2ccc(Nc3ncc[nH]3)cc2)cc1. The first-order valence-electron chi connectivity index (χ1n) is 10.4. The zero-order valence-corrected chi connectivity index (χ0v) is 20.9. The second-order valence-electron chi connectivity index (χ2n) is 7.47. The molecule has 0 fully saturated rings. The third-order valence-electron chi connectivity index (χ3n) is 5.08. The number of aromatic amines is 1. The molecule has 0 saturated carbocycles. The van der Waals surface area contributed by atoms with Crippen LogP contribution in [0.25, 0.3) is 0 Å². The van der Waals surface area contributed by atoms with Crippen LogP contribution in [-0.4, -0.2) is 54.8 Å². The molecule has 0 saturated heterocycles. The molecule has 3 N–H and O–H groups in total. The molecule has 1 unspecified atom stereocenters. The van der Waals surface area contributed by atoms with Gasteiger partial charge in [-0.3, -0.25) is 0 Å². The van der Waals surface area contributed by atoms with E-state index in [1.807, 2.05) is 0 Å². The van der Waals surface area contributed by atoms with Crippen molar-refractivity contribution in [3.8, 4) is 0 Å². The van der Waals surface area contributed by atoms with Gasteiger partial charge in [0.05, 0.1) is 0 Å². The van der Waals surface area contributed by atoms with Crippen molar-refractivity contribution >= 4 is 52.1 Å². The first kappa shape index (κ1) is 24.4. The summed E-state index contributed by atoms with van der Waals surface area (Å²) in [6, 6.07) is 16.2. The number of carbonyl (C=O) groups excluding carboxylic acids is 1. The molecule has 0 aliphatic carbocycles. The number of sulfone groups is 1. The van der Waals surface area contributed by atoms with Crippen LogP contribution in [0.15, 0.2) is 90.3 Å². The van der Waals surface area contributed by atoms with Crippen LogP contribution in [0.5, 0.6) is 0 Å². The Morgan fingerprint density at radius 1 is 1.03 bits per heavy atom. The van der Waals surface area contributed by atoms with E-state index in [1.54, 1.807) is 60.9 Å². The van der Waals surface area contributed by atoms with Gasteiger partial charge in [0.2, 0.25) is 0 Å². The third-order valence-corrected chi connectivity index (χ3v) is 9.33. The predicted octanol–water partition coefficient (Wildman–Crippen LogP) is 2.71. The van der Waals surface area contributed by atoms with Crippen molar-refractivity contribution in [1.82, 2.24) is 15.0 Å². The van der Waals surface area contributed by atoms with Crippen molar-refractivity contribution in [2.45, 2.75) is 16.6 Å². The second kappa shape index (κ2) is 10.7. The van der Waals surface area contributed by atoms with Gasteiger partial charge in [-0.05, 0) is 0 Å². The Kier molecular flexibility index (Phi) is 7.43. The average Bonchev–Trinajstić information content (AvgIpc) is 3.37. The number of nitrogens with zero attached hydrogens (tertiary/aromatic N) is 2. The van der Waals surface area contributed by atoms with E-state index in [4.69, 9.17) is 0 Å². The van der Waals surface area contributed by atoms with Crippen molar-refractivity contribution in [3.05, 3.63) is 96.6 Å². The van der Waals surface area contributed by atoms with Crippen molar-refractivity contribution in [1.29, 1.82) is 0 Å². The van der Waals surface area contributed by atoms with E-state index in [9.17, 15) is 23.1 Å². The monoisotopic (exact) mass is 551 g/mol. The minimum absolute atomic E-state index is 0.00152. The quantitative estimate of drug-likeness (QED) is 0.256. The molecule has 2 aromatic heterocycles. The number of H-pyrrole nitrogens is 1. The van der Waals surface area contributed by atoms with Gasteiger partial charge < -0.3 is 0 Å². The number of carboxylic acids is 1. The molecule has 11 heteroatoms. The summed E-state index contributed by atoms with van der Waals surface area (Å²) in [4.78, 5) is 35.0. The molecule has 1 radical (unpaired) electrons. The van der Waals surface area contributed by atoms with Gasteiger partial charge in [0.15, 0.2) is 0 Å². The van der Waals surface area contributed by atoms with Crippen molar-refractivity contribution in [2.75, 3.05) is 5.32 Å². The average molecular weight is 551 g/mol. The molecule has 35 heavy (non-hydrogen) atoms. The summed E-state index contributed by atoms with van der Waals surface area (Å²) in [5, 5.41) is 11.1. The molecule has 0 amide bonds. The Bertz CT molecular complexity index is 1410. The number of pyridine rings is 1. The van der Waals surface area contributed by atoms with E-state index >= 15 is 0 Å². The Labute approximate surface area is 208 Å². The number of hydrogen-bond donors (Lipinski definition) is 3.